The number of imidazole rings is 1. The number of aryl methyl sites for hydroxylation is 1. The number of fused-ring (bicyclic) bond motifs is 1. The Labute approximate surface area is 137 Å². The Hall–Kier alpha value is -1.23. The average Bonchev–Trinajstić information content (AvgIpc) is 2.89. The first-order chi connectivity index (χ1) is 10.0. The normalized spacial score (nSPS) is 17.4. The van der Waals surface area contributed by atoms with E-state index in [1.54, 1.807) is 18.3 Å². The number of carbonyl (C=O) groups is 1. The molecule has 1 unspecified atom stereocenters. The quantitative estimate of drug-likeness (QED) is 0.893. The number of hydrogen-bond donors (Lipinski definition) is 1. The van der Waals surface area contributed by atoms with Crippen LogP contribution in [0.5, 0.6) is 0 Å². The predicted molar refractivity (Wildman–Crippen MR) is 84.1 cm³/mol. The minimum absolute atomic E-state index is 0.102. The zero-order valence-electron chi connectivity index (χ0n) is 10.9. The Morgan fingerprint density at radius 1 is 1.29 bits per heavy atom. The van der Waals surface area contributed by atoms with Crippen molar-refractivity contribution in [2.45, 2.75) is 19.4 Å². The summed E-state index contributed by atoms with van der Waals surface area (Å²) in [5, 5.41) is 3.90. The molecule has 1 N–H and O–H groups in total. The van der Waals surface area contributed by atoms with Gasteiger partial charge in [-0.3, -0.25) is 4.79 Å². The number of carbonyl (C=O) groups excluding carboxylic acids is 1. The van der Waals surface area contributed by atoms with E-state index in [9.17, 15) is 4.79 Å². The van der Waals surface area contributed by atoms with Crippen LogP contribution in [0.25, 0.3) is 0 Å². The number of rotatable bonds is 2. The molecule has 1 amide bonds. The van der Waals surface area contributed by atoms with Crippen LogP contribution >= 0.6 is 34.8 Å². The molecule has 4 nitrogen and oxygen atoms in total. The van der Waals surface area contributed by atoms with Crippen LogP contribution in [0.2, 0.25) is 15.1 Å². The summed E-state index contributed by atoms with van der Waals surface area (Å²) in [4.78, 5) is 16.6. The van der Waals surface area contributed by atoms with Crippen LogP contribution in [0, 0.1) is 5.92 Å². The highest BCUT2D eigenvalue weighted by atomic mass is 35.5. The molecule has 0 saturated carbocycles. The van der Waals surface area contributed by atoms with Gasteiger partial charge in [-0.15, -0.1) is 0 Å². The van der Waals surface area contributed by atoms with Crippen molar-refractivity contribution in [1.29, 1.82) is 0 Å². The molecule has 0 fully saturated rings. The molecule has 1 aliphatic heterocycles. The van der Waals surface area contributed by atoms with Crippen LogP contribution in [0.15, 0.2) is 24.5 Å². The second-order valence-corrected chi connectivity index (χ2v) is 6.21. The molecule has 110 valence electrons. The highest BCUT2D eigenvalue weighted by Gasteiger charge is 2.26. The monoisotopic (exact) mass is 343 g/mol. The van der Waals surface area contributed by atoms with Gasteiger partial charge in [0.2, 0.25) is 5.91 Å². The SMILES string of the molecule is O=C(Nc1c(Cl)cc(Cl)cc1Cl)C1CCn2ccnc2C1. The molecule has 21 heavy (non-hydrogen) atoms. The summed E-state index contributed by atoms with van der Waals surface area (Å²) in [6.45, 7) is 0.787. The van der Waals surface area contributed by atoms with Crippen LogP contribution in [0.4, 0.5) is 5.69 Å². The maximum atomic E-state index is 12.4. The number of hydrogen-bond acceptors (Lipinski definition) is 2. The number of amides is 1. The van der Waals surface area contributed by atoms with E-state index in [1.165, 1.54) is 0 Å². The summed E-state index contributed by atoms with van der Waals surface area (Å²) in [6, 6.07) is 3.11. The maximum Gasteiger partial charge on any atom is 0.228 e. The molecule has 1 aromatic heterocycles. The summed E-state index contributed by atoms with van der Waals surface area (Å²) >= 11 is 18.0. The fraction of sp³-hybridized carbons (Fsp3) is 0.286. The number of nitrogens with zero attached hydrogens (tertiary/aromatic N) is 2. The minimum Gasteiger partial charge on any atom is -0.335 e. The van der Waals surface area contributed by atoms with Gasteiger partial charge in [0.1, 0.15) is 5.82 Å². The first-order valence-electron chi connectivity index (χ1n) is 6.50. The molecule has 1 aromatic carbocycles. The first-order valence-corrected chi connectivity index (χ1v) is 7.63. The number of benzene rings is 1. The Bertz CT molecular complexity index is 676. The van der Waals surface area contributed by atoms with Crippen molar-refractivity contribution in [2.24, 2.45) is 5.92 Å². The molecule has 3 rings (SSSR count). The van der Waals surface area contributed by atoms with E-state index in [2.05, 4.69) is 14.9 Å². The Morgan fingerprint density at radius 3 is 2.71 bits per heavy atom. The van der Waals surface area contributed by atoms with Gasteiger partial charge in [0.15, 0.2) is 0 Å². The lowest BCUT2D eigenvalue weighted by atomic mass is 9.97. The second-order valence-electron chi connectivity index (χ2n) is 4.96. The van der Waals surface area contributed by atoms with Gasteiger partial charge in [-0.1, -0.05) is 34.8 Å². The van der Waals surface area contributed by atoms with Crippen molar-refractivity contribution in [3.05, 3.63) is 45.4 Å². The van der Waals surface area contributed by atoms with Gasteiger partial charge in [-0.05, 0) is 18.6 Å². The molecule has 1 atom stereocenters. The average molecular weight is 345 g/mol. The molecule has 2 heterocycles. The minimum atomic E-state index is -0.136. The molecule has 0 saturated heterocycles. The van der Waals surface area contributed by atoms with Crippen molar-refractivity contribution in [3.63, 3.8) is 0 Å². The smallest absolute Gasteiger partial charge is 0.228 e. The molecule has 7 heteroatoms. The van der Waals surface area contributed by atoms with Crippen molar-refractivity contribution < 1.29 is 4.79 Å². The van der Waals surface area contributed by atoms with Crippen molar-refractivity contribution in [3.8, 4) is 0 Å². The van der Waals surface area contributed by atoms with Crippen molar-refractivity contribution in [1.82, 2.24) is 9.55 Å². The summed E-state index contributed by atoms with van der Waals surface area (Å²) in [7, 11) is 0. The van der Waals surface area contributed by atoms with Crippen molar-refractivity contribution in [2.75, 3.05) is 5.32 Å². The number of anilines is 1. The Morgan fingerprint density at radius 2 is 2.00 bits per heavy atom. The highest BCUT2D eigenvalue weighted by molar-refractivity contribution is 6.42. The van der Waals surface area contributed by atoms with Gasteiger partial charge in [-0.2, -0.15) is 0 Å². The molecule has 2 aromatic rings. The van der Waals surface area contributed by atoms with Gasteiger partial charge < -0.3 is 9.88 Å². The summed E-state index contributed by atoms with van der Waals surface area (Å²) in [6.07, 6.45) is 5.05. The Balaban J connectivity index is 1.76. The fourth-order valence-corrected chi connectivity index (χ4v) is 3.37. The zero-order chi connectivity index (χ0) is 15.0. The van der Waals surface area contributed by atoms with E-state index >= 15 is 0 Å². The third-order valence-electron chi connectivity index (χ3n) is 3.58. The van der Waals surface area contributed by atoms with Crippen LogP contribution < -0.4 is 5.32 Å². The lowest BCUT2D eigenvalue weighted by Gasteiger charge is -2.23. The van der Waals surface area contributed by atoms with E-state index in [0.717, 1.165) is 18.8 Å². The Kier molecular flexibility index (Phi) is 4.11. The van der Waals surface area contributed by atoms with E-state index in [0.29, 0.717) is 27.2 Å². The van der Waals surface area contributed by atoms with E-state index in [1.807, 2.05) is 6.20 Å². The maximum absolute atomic E-state index is 12.4. The number of halogens is 3. The predicted octanol–water partition coefficient (Wildman–Crippen LogP) is 4.04. The van der Waals surface area contributed by atoms with Gasteiger partial charge in [-0.25, -0.2) is 4.98 Å². The zero-order valence-corrected chi connectivity index (χ0v) is 13.2. The lowest BCUT2D eigenvalue weighted by molar-refractivity contribution is -0.120. The molecular formula is C14H12Cl3N3O. The fourth-order valence-electron chi connectivity index (χ4n) is 2.46. The largest absolute Gasteiger partial charge is 0.335 e. The third kappa shape index (κ3) is 3.03. The van der Waals surface area contributed by atoms with Crippen molar-refractivity contribution >= 4 is 46.4 Å². The van der Waals surface area contributed by atoms with Crippen LogP contribution in [-0.4, -0.2) is 15.5 Å². The second kappa shape index (κ2) is 5.87. The number of nitrogens with one attached hydrogen (secondary N) is 1. The van der Waals surface area contributed by atoms with E-state index in [-0.39, 0.29) is 11.8 Å². The molecule has 1 aliphatic rings. The standard InChI is InChI=1S/C14H12Cl3N3O/c15-9-6-10(16)13(11(17)7-9)19-14(21)8-1-3-20-4-2-18-12(20)5-8/h2,4,6-8H,1,3,5H2,(H,19,21). The van der Waals surface area contributed by atoms with Crippen LogP contribution in [0.1, 0.15) is 12.2 Å². The highest BCUT2D eigenvalue weighted by Crippen LogP contribution is 2.34. The van der Waals surface area contributed by atoms with Gasteiger partial charge in [0.25, 0.3) is 0 Å². The molecule has 0 spiro atoms. The third-order valence-corrected chi connectivity index (χ3v) is 4.39. The van der Waals surface area contributed by atoms with Crippen LogP contribution in [-0.2, 0) is 17.8 Å². The van der Waals surface area contributed by atoms with E-state index < -0.39 is 0 Å². The number of aromatic nitrogens is 2. The summed E-state index contributed by atoms with van der Waals surface area (Å²) in [5.41, 5.74) is 0.404. The topological polar surface area (TPSA) is 46.9 Å². The molecule has 0 bridgehead atoms. The van der Waals surface area contributed by atoms with Gasteiger partial charge in [0.05, 0.1) is 15.7 Å². The van der Waals surface area contributed by atoms with Gasteiger partial charge >= 0.3 is 0 Å². The molecule has 0 radical (unpaired) electrons. The molecule has 0 aliphatic carbocycles. The summed E-state index contributed by atoms with van der Waals surface area (Å²) in [5.74, 6) is 0.688. The first kappa shape index (κ1) is 14.7. The summed E-state index contributed by atoms with van der Waals surface area (Å²) < 4.78 is 2.06. The molecular weight excluding hydrogens is 333 g/mol. The van der Waals surface area contributed by atoms with Gasteiger partial charge in [0, 0.05) is 36.3 Å². The lowest BCUT2D eigenvalue weighted by Crippen LogP contribution is -2.30. The van der Waals surface area contributed by atoms with Crippen LogP contribution in [0.3, 0.4) is 0 Å². The van der Waals surface area contributed by atoms with E-state index in [4.69, 9.17) is 34.8 Å².